The summed E-state index contributed by atoms with van der Waals surface area (Å²) in [5.74, 6) is 1.63. The molecule has 4 aromatic rings. The molecule has 9 heteroatoms. The van der Waals surface area contributed by atoms with Crippen LogP contribution in [-0.4, -0.2) is 43.9 Å². The van der Waals surface area contributed by atoms with Crippen molar-refractivity contribution < 1.29 is 4.79 Å². The molecule has 4 rings (SSSR count). The van der Waals surface area contributed by atoms with Crippen LogP contribution in [0.3, 0.4) is 0 Å². The number of aromatic nitrogens is 4. The molecule has 3 heterocycles. The minimum atomic E-state index is -0.132. The van der Waals surface area contributed by atoms with Crippen LogP contribution >= 0.6 is 0 Å². The topological polar surface area (TPSA) is 113 Å². The monoisotopic (exact) mass is 430 g/mol. The molecule has 0 saturated heterocycles. The maximum atomic E-state index is 12.2. The van der Waals surface area contributed by atoms with Crippen molar-refractivity contribution in [2.24, 2.45) is 0 Å². The zero-order chi connectivity index (χ0) is 22.7. The Balaban J connectivity index is 1.63. The second kappa shape index (κ2) is 8.93. The van der Waals surface area contributed by atoms with Gasteiger partial charge in [0, 0.05) is 37.2 Å². The first-order valence-corrected chi connectivity index (χ1v) is 10.4. The first-order valence-electron chi connectivity index (χ1n) is 10.4. The molecule has 32 heavy (non-hydrogen) atoms. The summed E-state index contributed by atoms with van der Waals surface area (Å²) in [7, 11) is 1.78. The van der Waals surface area contributed by atoms with E-state index in [9.17, 15) is 4.79 Å². The second-order valence-electron chi connectivity index (χ2n) is 7.52. The van der Waals surface area contributed by atoms with Gasteiger partial charge in [0.1, 0.15) is 23.0 Å². The number of amides is 2. The summed E-state index contributed by atoms with van der Waals surface area (Å²) in [4.78, 5) is 27.3. The molecule has 0 unspecified atom stereocenters. The Kier molecular flexibility index (Phi) is 5.89. The number of urea groups is 1. The molecule has 2 amide bonds. The van der Waals surface area contributed by atoms with Crippen LogP contribution in [0.5, 0.6) is 0 Å². The number of benzene rings is 1. The second-order valence-corrected chi connectivity index (χ2v) is 7.52. The Morgan fingerprint density at radius 1 is 1.09 bits per heavy atom. The minimum absolute atomic E-state index is 0.132. The van der Waals surface area contributed by atoms with E-state index in [2.05, 4.69) is 20.6 Å². The Hall–Kier alpha value is -4.14. The highest BCUT2D eigenvalue weighted by Gasteiger charge is 2.17. The van der Waals surface area contributed by atoms with E-state index >= 15 is 0 Å². The van der Waals surface area contributed by atoms with E-state index in [-0.39, 0.29) is 6.03 Å². The van der Waals surface area contributed by atoms with Gasteiger partial charge in [-0.15, -0.1) is 0 Å². The highest BCUT2D eigenvalue weighted by Crippen LogP contribution is 2.31. The number of nitrogens with one attached hydrogen (secondary N) is 2. The van der Waals surface area contributed by atoms with Crippen LogP contribution in [0.4, 0.5) is 27.8 Å². The van der Waals surface area contributed by atoms with Gasteiger partial charge in [0.25, 0.3) is 0 Å². The van der Waals surface area contributed by atoms with Gasteiger partial charge in [-0.2, -0.15) is 0 Å². The predicted octanol–water partition coefficient (Wildman–Crippen LogP) is 4.30. The van der Waals surface area contributed by atoms with E-state index in [1.165, 1.54) is 0 Å². The highest BCUT2D eigenvalue weighted by atomic mass is 16.2. The molecular weight excluding hydrogens is 404 g/mol. The molecule has 0 atom stereocenters. The van der Waals surface area contributed by atoms with Crippen molar-refractivity contribution in [2.75, 3.05) is 30.0 Å². The van der Waals surface area contributed by atoms with Crippen LogP contribution in [-0.2, 0) is 0 Å². The zero-order valence-electron chi connectivity index (χ0n) is 18.3. The molecule has 0 aliphatic carbocycles. The number of hydrogen-bond donors (Lipinski definition) is 3. The lowest BCUT2D eigenvalue weighted by atomic mass is 10.2. The lowest BCUT2D eigenvalue weighted by molar-refractivity contribution is 0.222. The Bertz CT molecular complexity index is 1230. The van der Waals surface area contributed by atoms with E-state index in [4.69, 9.17) is 10.7 Å². The molecule has 0 aliphatic rings. The van der Waals surface area contributed by atoms with Gasteiger partial charge < -0.3 is 21.3 Å². The molecule has 9 nitrogen and oxygen atoms in total. The summed E-state index contributed by atoms with van der Waals surface area (Å²) < 4.78 is 1.96. The van der Waals surface area contributed by atoms with Gasteiger partial charge in [0.15, 0.2) is 5.82 Å². The fourth-order valence-corrected chi connectivity index (χ4v) is 3.47. The summed E-state index contributed by atoms with van der Waals surface area (Å²) in [5, 5.41) is 6.26. The van der Waals surface area contributed by atoms with E-state index in [1.807, 2.05) is 60.0 Å². The summed E-state index contributed by atoms with van der Waals surface area (Å²) in [6.45, 7) is 4.55. The Morgan fingerprint density at radius 2 is 1.84 bits per heavy atom. The zero-order valence-corrected chi connectivity index (χ0v) is 18.3. The number of fused-ring (bicyclic) bond motifs is 1. The number of carbonyl (C=O) groups is 1. The van der Waals surface area contributed by atoms with Crippen molar-refractivity contribution in [1.82, 2.24) is 24.3 Å². The molecular formula is C23H26N8O. The standard InChI is InChI=1S/C23H26N8O/c1-4-12-30(3)23(32)28-17-10-8-16(9-11-17)27-22-21(18-14-19(24)26-15(2)25-18)31-13-6-5-7-20(31)29-22/h5-11,13-14,27H,4,12H2,1-3H3,(H,28,32)(H2,24,25,26). The van der Waals surface area contributed by atoms with Crippen molar-refractivity contribution in [1.29, 1.82) is 0 Å². The first-order chi connectivity index (χ1) is 15.4. The average molecular weight is 431 g/mol. The van der Waals surface area contributed by atoms with Gasteiger partial charge in [-0.3, -0.25) is 4.40 Å². The summed E-state index contributed by atoms with van der Waals surface area (Å²) in [6, 6.07) is 14.9. The minimum Gasteiger partial charge on any atom is -0.384 e. The number of hydrogen-bond acceptors (Lipinski definition) is 6. The Morgan fingerprint density at radius 3 is 2.56 bits per heavy atom. The van der Waals surface area contributed by atoms with E-state index in [0.717, 1.165) is 29.1 Å². The maximum Gasteiger partial charge on any atom is 0.321 e. The van der Waals surface area contributed by atoms with E-state index < -0.39 is 0 Å². The van der Waals surface area contributed by atoms with Gasteiger partial charge in [-0.1, -0.05) is 13.0 Å². The largest absolute Gasteiger partial charge is 0.384 e. The maximum absolute atomic E-state index is 12.2. The van der Waals surface area contributed by atoms with Gasteiger partial charge in [-0.05, 0) is 49.7 Å². The molecule has 0 bridgehead atoms. The van der Waals surface area contributed by atoms with E-state index in [0.29, 0.717) is 29.7 Å². The van der Waals surface area contributed by atoms with Gasteiger partial charge in [-0.25, -0.2) is 19.7 Å². The number of nitrogen functional groups attached to an aromatic ring is 1. The van der Waals surface area contributed by atoms with Gasteiger partial charge in [0.2, 0.25) is 0 Å². The fraction of sp³-hybridized carbons (Fsp3) is 0.217. The molecule has 164 valence electrons. The van der Waals surface area contributed by atoms with Crippen LogP contribution < -0.4 is 16.4 Å². The average Bonchev–Trinajstić information content (AvgIpc) is 3.12. The molecule has 0 aliphatic heterocycles. The van der Waals surface area contributed by atoms with Crippen molar-refractivity contribution in [3.05, 3.63) is 60.6 Å². The summed E-state index contributed by atoms with van der Waals surface area (Å²) >= 11 is 0. The van der Waals surface area contributed by atoms with Crippen LogP contribution in [0.1, 0.15) is 19.2 Å². The number of nitrogens with two attached hydrogens (primary N) is 1. The van der Waals surface area contributed by atoms with Crippen LogP contribution in [0.15, 0.2) is 54.7 Å². The third-order valence-corrected chi connectivity index (χ3v) is 4.93. The quantitative estimate of drug-likeness (QED) is 0.420. The van der Waals surface area contributed by atoms with E-state index in [1.54, 1.807) is 24.9 Å². The SMILES string of the molecule is CCCN(C)C(=O)Nc1ccc(Nc2nc3ccccn3c2-c2cc(N)nc(C)n2)cc1. The van der Waals surface area contributed by atoms with Crippen LogP contribution in [0.25, 0.3) is 17.0 Å². The third-order valence-electron chi connectivity index (χ3n) is 4.93. The van der Waals surface area contributed by atoms with Gasteiger partial charge >= 0.3 is 6.03 Å². The first kappa shape index (κ1) is 21.1. The van der Waals surface area contributed by atoms with Crippen LogP contribution in [0.2, 0.25) is 0 Å². The van der Waals surface area contributed by atoms with Crippen molar-refractivity contribution in [3.63, 3.8) is 0 Å². The van der Waals surface area contributed by atoms with Crippen molar-refractivity contribution >= 4 is 34.7 Å². The lowest BCUT2D eigenvalue weighted by Gasteiger charge is -2.17. The number of aryl methyl sites for hydroxylation is 1. The fourth-order valence-electron chi connectivity index (χ4n) is 3.47. The number of anilines is 4. The number of pyridine rings is 1. The summed E-state index contributed by atoms with van der Waals surface area (Å²) in [6.07, 6.45) is 2.84. The lowest BCUT2D eigenvalue weighted by Crippen LogP contribution is -2.31. The predicted molar refractivity (Wildman–Crippen MR) is 127 cm³/mol. The molecule has 0 saturated carbocycles. The highest BCUT2D eigenvalue weighted by molar-refractivity contribution is 5.89. The number of carbonyl (C=O) groups excluding carboxylic acids is 1. The molecule has 4 N–H and O–H groups in total. The van der Waals surface area contributed by atoms with Crippen molar-refractivity contribution in [2.45, 2.75) is 20.3 Å². The van der Waals surface area contributed by atoms with Crippen LogP contribution in [0, 0.1) is 6.92 Å². The summed E-state index contributed by atoms with van der Waals surface area (Å²) in [5.41, 5.74) is 9.77. The molecule has 0 spiro atoms. The number of nitrogens with zero attached hydrogens (tertiary/aromatic N) is 5. The molecule has 0 fully saturated rings. The Labute approximate surface area is 186 Å². The normalized spacial score (nSPS) is 10.8. The third kappa shape index (κ3) is 4.46. The van der Waals surface area contributed by atoms with Gasteiger partial charge in [0.05, 0.1) is 5.69 Å². The van der Waals surface area contributed by atoms with Crippen molar-refractivity contribution in [3.8, 4) is 11.4 Å². The number of imidazole rings is 1. The molecule has 3 aromatic heterocycles. The number of rotatable bonds is 6. The molecule has 1 aromatic carbocycles. The molecule has 0 radical (unpaired) electrons. The smallest absolute Gasteiger partial charge is 0.321 e.